The van der Waals surface area contributed by atoms with Crippen LogP contribution in [0.1, 0.15) is 62.3 Å². The Hall–Kier alpha value is -2.54. The molecular weight excluding hydrogens is 338 g/mol. The second kappa shape index (κ2) is 7.83. The highest BCUT2D eigenvalue weighted by Gasteiger charge is 2.40. The predicted molar refractivity (Wildman–Crippen MR) is 120 cm³/mol. The van der Waals surface area contributed by atoms with Gasteiger partial charge in [0.15, 0.2) is 0 Å². The number of nitrogens with zero attached hydrogens (tertiary/aromatic N) is 1. The Bertz CT molecular complexity index is 898. The van der Waals surface area contributed by atoms with Crippen molar-refractivity contribution < 1.29 is 0 Å². The lowest BCUT2D eigenvalue weighted by Crippen LogP contribution is -2.50. The molecular formula is C27H31N. The fourth-order valence-corrected chi connectivity index (χ4v) is 5.07. The summed E-state index contributed by atoms with van der Waals surface area (Å²) in [6.07, 6.45) is 3.38. The zero-order chi connectivity index (χ0) is 19.6. The normalized spacial score (nSPS) is 19.1. The van der Waals surface area contributed by atoms with Crippen LogP contribution in [-0.2, 0) is 6.42 Å². The third-order valence-corrected chi connectivity index (χ3v) is 6.23. The van der Waals surface area contributed by atoms with Crippen LogP contribution in [-0.4, -0.2) is 5.54 Å². The number of anilines is 1. The van der Waals surface area contributed by atoms with E-state index in [0.29, 0.717) is 12.0 Å². The van der Waals surface area contributed by atoms with Crippen molar-refractivity contribution in [2.75, 3.05) is 4.90 Å². The highest BCUT2D eigenvalue weighted by Crippen LogP contribution is 2.48. The van der Waals surface area contributed by atoms with Crippen LogP contribution in [0, 0.1) is 0 Å². The molecule has 4 rings (SSSR count). The van der Waals surface area contributed by atoms with E-state index in [1.807, 2.05) is 0 Å². The van der Waals surface area contributed by atoms with Gasteiger partial charge in [0, 0.05) is 11.2 Å². The van der Waals surface area contributed by atoms with Gasteiger partial charge in [0.2, 0.25) is 0 Å². The van der Waals surface area contributed by atoms with Crippen LogP contribution in [0.3, 0.4) is 0 Å². The average Bonchev–Trinajstić information content (AvgIpc) is 2.71. The Kier molecular flexibility index (Phi) is 5.26. The highest BCUT2D eigenvalue weighted by molar-refractivity contribution is 5.61. The van der Waals surface area contributed by atoms with Gasteiger partial charge in [0.1, 0.15) is 0 Å². The van der Waals surface area contributed by atoms with Gasteiger partial charge in [-0.15, -0.1) is 0 Å². The van der Waals surface area contributed by atoms with E-state index in [2.05, 4.69) is 111 Å². The second-order valence-corrected chi connectivity index (χ2v) is 8.80. The van der Waals surface area contributed by atoms with Crippen LogP contribution in [0.4, 0.5) is 5.69 Å². The molecule has 28 heavy (non-hydrogen) atoms. The standard InChI is InChI=1S/C27H31N/c1-21-20-27(2,3)28(26-17-11-10-16-24(21)26)25(23-14-8-5-9-15-23)19-18-22-12-6-4-7-13-22/h4-17,21,25H,18-20H2,1-3H3. The molecule has 2 atom stereocenters. The summed E-state index contributed by atoms with van der Waals surface area (Å²) in [5, 5.41) is 0. The van der Waals surface area contributed by atoms with Crippen molar-refractivity contribution in [1.82, 2.24) is 0 Å². The van der Waals surface area contributed by atoms with Crippen LogP contribution in [0.25, 0.3) is 0 Å². The van der Waals surface area contributed by atoms with Crippen LogP contribution < -0.4 is 4.90 Å². The van der Waals surface area contributed by atoms with Gasteiger partial charge < -0.3 is 4.90 Å². The van der Waals surface area contributed by atoms with Crippen molar-refractivity contribution in [2.45, 2.75) is 57.5 Å². The van der Waals surface area contributed by atoms with Gasteiger partial charge in [-0.3, -0.25) is 0 Å². The molecule has 144 valence electrons. The average molecular weight is 370 g/mol. The third-order valence-electron chi connectivity index (χ3n) is 6.23. The van der Waals surface area contributed by atoms with Gasteiger partial charge in [-0.2, -0.15) is 0 Å². The maximum absolute atomic E-state index is 2.71. The van der Waals surface area contributed by atoms with Crippen molar-refractivity contribution in [1.29, 1.82) is 0 Å². The molecule has 3 aromatic carbocycles. The monoisotopic (exact) mass is 369 g/mol. The first kappa shape index (κ1) is 18.8. The third kappa shape index (κ3) is 3.71. The first-order valence-electron chi connectivity index (χ1n) is 10.5. The van der Waals surface area contributed by atoms with Crippen LogP contribution in [0.5, 0.6) is 0 Å². The zero-order valence-electron chi connectivity index (χ0n) is 17.3. The number of aryl methyl sites for hydroxylation is 1. The highest BCUT2D eigenvalue weighted by atomic mass is 15.2. The number of hydrogen-bond donors (Lipinski definition) is 0. The largest absolute Gasteiger partial charge is 0.359 e. The Morgan fingerprint density at radius 3 is 2.18 bits per heavy atom. The molecule has 0 fully saturated rings. The number of para-hydroxylation sites is 1. The molecule has 0 spiro atoms. The van der Waals surface area contributed by atoms with Gasteiger partial charge >= 0.3 is 0 Å². The van der Waals surface area contributed by atoms with E-state index in [1.165, 1.54) is 28.8 Å². The Morgan fingerprint density at radius 1 is 0.857 bits per heavy atom. The molecule has 0 saturated heterocycles. The van der Waals surface area contributed by atoms with Crippen molar-refractivity contribution in [3.8, 4) is 0 Å². The summed E-state index contributed by atoms with van der Waals surface area (Å²) in [4.78, 5) is 2.71. The summed E-state index contributed by atoms with van der Waals surface area (Å²) in [5.74, 6) is 0.591. The fraction of sp³-hybridized carbons (Fsp3) is 0.333. The minimum absolute atomic E-state index is 0.116. The predicted octanol–water partition coefficient (Wildman–Crippen LogP) is 7.15. The van der Waals surface area contributed by atoms with Gasteiger partial charge in [-0.25, -0.2) is 0 Å². The maximum Gasteiger partial charge on any atom is 0.0551 e. The summed E-state index contributed by atoms with van der Waals surface area (Å²) in [6.45, 7) is 7.20. The molecule has 0 N–H and O–H groups in total. The Morgan fingerprint density at radius 2 is 1.46 bits per heavy atom. The lowest BCUT2D eigenvalue weighted by Gasteiger charge is -2.51. The fourth-order valence-electron chi connectivity index (χ4n) is 5.07. The SMILES string of the molecule is CC1CC(C)(C)N(C(CCc2ccccc2)c2ccccc2)c2ccccc21. The van der Waals surface area contributed by atoms with Crippen molar-refractivity contribution in [3.05, 3.63) is 102 Å². The summed E-state index contributed by atoms with van der Waals surface area (Å²) >= 11 is 0. The van der Waals surface area contributed by atoms with Gasteiger partial charge in [-0.1, -0.05) is 85.8 Å². The van der Waals surface area contributed by atoms with E-state index >= 15 is 0 Å². The van der Waals surface area contributed by atoms with Crippen molar-refractivity contribution in [2.24, 2.45) is 0 Å². The molecule has 2 unspecified atom stereocenters. The minimum atomic E-state index is 0.116. The van der Waals surface area contributed by atoms with Gasteiger partial charge in [0.05, 0.1) is 6.04 Å². The lowest BCUT2D eigenvalue weighted by molar-refractivity contribution is 0.337. The molecule has 1 heteroatoms. The van der Waals surface area contributed by atoms with Gasteiger partial charge in [0.25, 0.3) is 0 Å². The first-order chi connectivity index (χ1) is 13.6. The quantitative estimate of drug-likeness (QED) is 0.461. The minimum Gasteiger partial charge on any atom is -0.359 e. The number of rotatable bonds is 5. The molecule has 0 radical (unpaired) electrons. The molecule has 1 aliphatic rings. The summed E-state index contributed by atoms with van der Waals surface area (Å²) in [7, 11) is 0. The number of hydrogen-bond acceptors (Lipinski definition) is 1. The van der Waals surface area contributed by atoms with E-state index in [4.69, 9.17) is 0 Å². The number of benzene rings is 3. The lowest BCUT2D eigenvalue weighted by atomic mass is 9.78. The van der Waals surface area contributed by atoms with E-state index < -0.39 is 0 Å². The van der Waals surface area contributed by atoms with Crippen LogP contribution in [0.2, 0.25) is 0 Å². The van der Waals surface area contributed by atoms with E-state index in [1.54, 1.807) is 0 Å². The number of fused-ring (bicyclic) bond motifs is 1. The molecule has 0 aromatic heterocycles. The summed E-state index contributed by atoms with van der Waals surface area (Å²) in [6, 6.07) is 31.4. The molecule has 0 amide bonds. The van der Waals surface area contributed by atoms with E-state index in [9.17, 15) is 0 Å². The second-order valence-electron chi connectivity index (χ2n) is 8.80. The Balaban J connectivity index is 1.75. The zero-order valence-corrected chi connectivity index (χ0v) is 17.3. The van der Waals surface area contributed by atoms with Crippen molar-refractivity contribution >= 4 is 5.69 Å². The van der Waals surface area contributed by atoms with Crippen LogP contribution in [0.15, 0.2) is 84.9 Å². The van der Waals surface area contributed by atoms with Crippen LogP contribution >= 0.6 is 0 Å². The molecule has 1 aliphatic heterocycles. The van der Waals surface area contributed by atoms with E-state index in [0.717, 1.165) is 12.8 Å². The first-order valence-corrected chi connectivity index (χ1v) is 10.5. The smallest absolute Gasteiger partial charge is 0.0551 e. The van der Waals surface area contributed by atoms with Gasteiger partial charge in [-0.05, 0) is 61.8 Å². The Labute approximate surface area is 170 Å². The molecule has 1 heterocycles. The molecule has 3 aromatic rings. The molecule has 0 saturated carbocycles. The topological polar surface area (TPSA) is 3.24 Å². The van der Waals surface area contributed by atoms with Crippen molar-refractivity contribution in [3.63, 3.8) is 0 Å². The molecule has 0 aliphatic carbocycles. The van der Waals surface area contributed by atoms with E-state index in [-0.39, 0.29) is 5.54 Å². The molecule has 1 nitrogen and oxygen atoms in total. The summed E-state index contributed by atoms with van der Waals surface area (Å²) < 4.78 is 0. The molecule has 0 bridgehead atoms. The summed E-state index contributed by atoms with van der Waals surface area (Å²) in [5.41, 5.74) is 5.84. The maximum atomic E-state index is 2.71.